The molecule has 0 atom stereocenters. The zero-order valence-corrected chi connectivity index (χ0v) is 10.2. The van der Waals surface area contributed by atoms with E-state index in [1.54, 1.807) is 0 Å². The molecule has 3 rings (SSSR count). The van der Waals surface area contributed by atoms with Gasteiger partial charge in [0.1, 0.15) is 0 Å². The van der Waals surface area contributed by atoms with Crippen LogP contribution < -0.4 is 5.32 Å². The molecule has 1 saturated heterocycles. The number of rotatable bonds is 3. The summed E-state index contributed by atoms with van der Waals surface area (Å²) in [5, 5.41) is 3.44. The van der Waals surface area contributed by atoms with Crippen molar-refractivity contribution in [2.45, 2.75) is 44.6 Å². The van der Waals surface area contributed by atoms with Crippen LogP contribution in [0.4, 0.5) is 0 Å². The fourth-order valence-corrected chi connectivity index (χ4v) is 2.95. The van der Waals surface area contributed by atoms with E-state index in [2.05, 4.69) is 5.32 Å². The Bertz CT molecular complexity index is 204. The molecule has 3 aliphatic rings. The Morgan fingerprint density at radius 2 is 1.80 bits per heavy atom. The Hall–Kier alpha value is 0.210. The van der Waals surface area contributed by atoms with Crippen LogP contribution in [0.25, 0.3) is 0 Å². The topological polar surface area (TPSA) is 21.3 Å². The molecule has 0 aromatic carbocycles. The quantitative estimate of drug-likeness (QED) is 0.805. The van der Waals surface area contributed by atoms with Gasteiger partial charge in [-0.2, -0.15) is 0 Å². The molecule has 2 saturated carbocycles. The highest BCUT2D eigenvalue weighted by Gasteiger charge is 2.45. The summed E-state index contributed by atoms with van der Waals surface area (Å²) < 4.78 is 5.91. The summed E-state index contributed by atoms with van der Waals surface area (Å²) in [6.07, 6.45) is 8.92. The molecule has 3 fully saturated rings. The Balaban J connectivity index is 0.000000853. The van der Waals surface area contributed by atoms with Crippen molar-refractivity contribution in [1.29, 1.82) is 0 Å². The zero-order valence-electron chi connectivity index (χ0n) is 9.34. The Morgan fingerprint density at radius 3 is 2.40 bits per heavy atom. The molecule has 0 aromatic rings. The van der Waals surface area contributed by atoms with Gasteiger partial charge in [0.25, 0.3) is 0 Å². The summed E-state index contributed by atoms with van der Waals surface area (Å²) in [4.78, 5) is 0. The van der Waals surface area contributed by atoms with Crippen molar-refractivity contribution < 1.29 is 4.74 Å². The van der Waals surface area contributed by atoms with Crippen molar-refractivity contribution >= 4 is 12.4 Å². The van der Waals surface area contributed by atoms with Crippen LogP contribution in [0, 0.1) is 11.3 Å². The zero-order chi connectivity index (χ0) is 9.43. The van der Waals surface area contributed by atoms with Crippen molar-refractivity contribution in [3.8, 4) is 0 Å². The third-order valence-electron chi connectivity index (χ3n) is 4.25. The van der Waals surface area contributed by atoms with Crippen LogP contribution in [0.15, 0.2) is 0 Å². The second-order valence-electron chi connectivity index (χ2n) is 5.56. The Labute approximate surface area is 98.6 Å². The molecule has 1 spiro atoms. The van der Waals surface area contributed by atoms with E-state index in [1.807, 2.05) is 0 Å². The van der Waals surface area contributed by atoms with Crippen LogP contribution >= 0.6 is 12.4 Å². The van der Waals surface area contributed by atoms with E-state index in [0.717, 1.165) is 12.5 Å². The SMILES string of the molecule is C1CC2(CCN1)CC(OCC1CC1)C2.Cl. The molecule has 0 amide bonds. The molecular formula is C12H22ClNO. The lowest BCUT2D eigenvalue weighted by Gasteiger charge is -2.50. The minimum atomic E-state index is 0. The molecule has 2 nitrogen and oxygen atoms in total. The summed E-state index contributed by atoms with van der Waals surface area (Å²) >= 11 is 0. The van der Waals surface area contributed by atoms with Crippen LogP contribution in [0.2, 0.25) is 0 Å². The third kappa shape index (κ3) is 2.66. The molecule has 0 aromatic heterocycles. The van der Waals surface area contributed by atoms with Gasteiger partial charge in [0, 0.05) is 6.61 Å². The number of nitrogens with one attached hydrogen (secondary N) is 1. The molecular weight excluding hydrogens is 210 g/mol. The van der Waals surface area contributed by atoms with Crippen molar-refractivity contribution in [3.63, 3.8) is 0 Å². The fourth-order valence-electron chi connectivity index (χ4n) is 2.95. The minimum Gasteiger partial charge on any atom is -0.378 e. The highest BCUT2D eigenvalue weighted by Crippen LogP contribution is 2.49. The minimum absolute atomic E-state index is 0. The molecule has 1 N–H and O–H groups in total. The van der Waals surface area contributed by atoms with Crippen molar-refractivity contribution in [2.75, 3.05) is 19.7 Å². The first-order chi connectivity index (χ1) is 6.86. The number of piperidine rings is 1. The summed E-state index contributed by atoms with van der Waals surface area (Å²) in [5.41, 5.74) is 0.694. The van der Waals surface area contributed by atoms with Crippen LogP contribution in [0.5, 0.6) is 0 Å². The first kappa shape index (κ1) is 11.7. The van der Waals surface area contributed by atoms with Gasteiger partial charge in [0.2, 0.25) is 0 Å². The largest absolute Gasteiger partial charge is 0.378 e. The lowest BCUT2D eigenvalue weighted by molar-refractivity contribution is -0.0957. The van der Waals surface area contributed by atoms with Gasteiger partial charge < -0.3 is 10.1 Å². The van der Waals surface area contributed by atoms with E-state index in [4.69, 9.17) is 4.74 Å². The summed E-state index contributed by atoms with van der Waals surface area (Å²) in [7, 11) is 0. The highest BCUT2D eigenvalue weighted by atomic mass is 35.5. The van der Waals surface area contributed by atoms with Gasteiger partial charge >= 0.3 is 0 Å². The number of hydrogen-bond donors (Lipinski definition) is 1. The van der Waals surface area contributed by atoms with Crippen LogP contribution in [0.3, 0.4) is 0 Å². The van der Waals surface area contributed by atoms with Crippen LogP contribution in [-0.2, 0) is 4.74 Å². The van der Waals surface area contributed by atoms with Gasteiger partial charge in [-0.15, -0.1) is 12.4 Å². The molecule has 2 aliphatic carbocycles. The lowest BCUT2D eigenvalue weighted by Crippen LogP contribution is -2.48. The number of hydrogen-bond acceptors (Lipinski definition) is 2. The molecule has 88 valence electrons. The second kappa shape index (κ2) is 4.60. The van der Waals surface area contributed by atoms with Crippen molar-refractivity contribution in [3.05, 3.63) is 0 Å². The predicted molar refractivity (Wildman–Crippen MR) is 63.5 cm³/mol. The molecule has 1 heterocycles. The fraction of sp³-hybridized carbons (Fsp3) is 1.00. The molecule has 0 unspecified atom stereocenters. The van der Waals surface area contributed by atoms with Crippen molar-refractivity contribution in [2.24, 2.45) is 11.3 Å². The van der Waals surface area contributed by atoms with Gasteiger partial charge in [-0.25, -0.2) is 0 Å². The monoisotopic (exact) mass is 231 g/mol. The highest BCUT2D eigenvalue weighted by molar-refractivity contribution is 5.85. The van der Waals surface area contributed by atoms with E-state index in [1.165, 1.54) is 51.6 Å². The van der Waals surface area contributed by atoms with E-state index < -0.39 is 0 Å². The van der Waals surface area contributed by atoms with Gasteiger partial charge in [-0.1, -0.05) is 0 Å². The first-order valence-electron chi connectivity index (χ1n) is 6.19. The van der Waals surface area contributed by atoms with E-state index >= 15 is 0 Å². The average Bonchev–Trinajstić information content (AvgIpc) is 2.96. The predicted octanol–water partition coefficient (Wildman–Crippen LogP) is 2.37. The number of ether oxygens (including phenoxy) is 1. The smallest absolute Gasteiger partial charge is 0.0585 e. The Kier molecular flexibility index (Phi) is 3.59. The maximum atomic E-state index is 5.91. The van der Waals surface area contributed by atoms with E-state index in [-0.39, 0.29) is 12.4 Å². The summed E-state index contributed by atoms with van der Waals surface area (Å²) in [6, 6.07) is 0. The summed E-state index contributed by atoms with van der Waals surface area (Å²) in [5.74, 6) is 0.930. The lowest BCUT2D eigenvalue weighted by atomic mass is 9.62. The van der Waals surface area contributed by atoms with Gasteiger partial charge in [0.05, 0.1) is 6.10 Å². The van der Waals surface area contributed by atoms with E-state index in [0.29, 0.717) is 11.5 Å². The van der Waals surface area contributed by atoms with Crippen LogP contribution in [-0.4, -0.2) is 25.8 Å². The van der Waals surface area contributed by atoms with Gasteiger partial charge in [0.15, 0.2) is 0 Å². The second-order valence-corrected chi connectivity index (χ2v) is 5.56. The van der Waals surface area contributed by atoms with Crippen LogP contribution in [0.1, 0.15) is 38.5 Å². The number of halogens is 1. The van der Waals surface area contributed by atoms with Crippen molar-refractivity contribution in [1.82, 2.24) is 5.32 Å². The molecule has 0 radical (unpaired) electrons. The molecule has 0 bridgehead atoms. The van der Waals surface area contributed by atoms with Gasteiger partial charge in [-0.05, 0) is 62.9 Å². The maximum absolute atomic E-state index is 5.91. The molecule has 1 aliphatic heterocycles. The molecule has 3 heteroatoms. The normalized spacial score (nSPS) is 29.6. The standard InChI is InChI=1S/C12H21NO.ClH/c1-2-10(1)9-14-11-7-12(8-11)3-5-13-6-4-12;/h10-11,13H,1-9H2;1H. The summed E-state index contributed by atoms with van der Waals surface area (Å²) in [6.45, 7) is 3.52. The Morgan fingerprint density at radius 1 is 1.13 bits per heavy atom. The maximum Gasteiger partial charge on any atom is 0.0585 e. The van der Waals surface area contributed by atoms with E-state index in [9.17, 15) is 0 Å². The average molecular weight is 232 g/mol. The van der Waals surface area contributed by atoms with Gasteiger partial charge in [-0.3, -0.25) is 0 Å². The molecule has 15 heavy (non-hydrogen) atoms. The first-order valence-corrected chi connectivity index (χ1v) is 6.19. The third-order valence-corrected chi connectivity index (χ3v) is 4.25.